The third-order valence-electron chi connectivity index (χ3n) is 25.3. The summed E-state index contributed by atoms with van der Waals surface area (Å²) in [5.74, 6) is -12.1. The van der Waals surface area contributed by atoms with E-state index in [2.05, 4.69) is 52.4 Å². The zero-order valence-electron chi connectivity index (χ0n) is 85.6. The molecule has 0 saturated heterocycles. The van der Waals surface area contributed by atoms with Gasteiger partial charge in [-0.05, 0) is 196 Å². The number of hydrogen-bond donors (Lipinski definition) is 4. The van der Waals surface area contributed by atoms with Crippen molar-refractivity contribution in [2.75, 3.05) is 144 Å². The Balaban J connectivity index is 0.000000326. The number of benzene rings is 4. The quantitative estimate of drug-likeness (QED) is 0.0124. The molecule has 149 heavy (non-hydrogen) atoms. The number of halogens is 18. The highest BCUT2D eigenvalue weighted by molar-refractivity contribution is 6.07. The number of allylic oxidation sites excluding steroid dienone is 1. The number of carboxylic acids is 3. The number of hydrogen-bond acceptors (Lipinski definition) is 24. The first kappa shape index (κ1) is 128. The number of alkyl halides is 12. The van der Waals surface area contributed by atoms with Crippen LogP contribution in [-0.4, -0.2) is 248 Å². The number of carboxylic acid groups (broad SMARTS) is 3. The highest BCUT2D eigenvalue weighted by atomic mass is 19.4. The van der Waals surface area contributed by atoms with E-state index in [0.717, 1.165) is 134 Å². The van der Waals surface area contributed by atoms with Crippen LogP contribution in [0.4, 0.5) is 102 Å². The molecule has 0 aliphatic heterocycles. The molecule has 4 aromatic carbocycles. The lowest BCUT2D eigenvalue weighted by Crippen LogP contribution is -2.49. The van der Waals surface area contributed by atoms with Crippen LogP contribution in [0.1, 0.15) is 206 Å². The van der Waals surface area contributed by atoms with Gasteiger partial charge in [0.25, 0.3) is 6.01 Å². The third-order valence-corrected chi connectivity index (χ3v) is 25.3. The molecule has 0 bridgehead atoms. The van der Waals surface area contributed by atoms with E-state index in [0.29, 0.717) is 62.0 Å². The van der Waals surface area contributed by atoms with Gasteiger partial charge < -0.3 is 92.1 Å². The topological polar surface area (TPSA) is 384 Å². The summed E-state index contributed by atoms with van der Waals surface area (Å²) in [5.41, 5.74) is -7.33. The first-order valence-electron chi connectivity index (χ1n) is 47.0. The van der Waals surface area contributed by atoms with Crippen molar-refractivity contribution < 1.29 is 190 Å². The van der Waals surface area contributed by atoms with Crippen LogP contribution in [0.2, 0.25) is 0 Å². The van der Waals surface area contributed by atoms with Gasteiger partial charge in [0.15, 0.2) is 23.1 Å². The zero-order chi connectivity index (χ0) is 112. The van der Waals surface area contributed by atoms with Crippen molar-refractivity contribution in [2.45, 2.75) is 207 Å². The van der Waals surface area contributed by atoms with Crippen molar-refractivity contribution in [3.05, 3.63) is 158 Å². The second kappa shape index (κ2) is 59.2. The summed E-state index contributed by atoms with van der Waals surface area (Å²) in [6.45, 7) is 14.6. The molecule has 49 heteroatoms. The average Bonchev–Trinajstić information content (AvgIpc) is 0.770. The van der Waals surface area contributed by atoms with Crippen molar-refractivity contribution in [3.8, 4) is 17.4 Å². The number of aromatic hydroxyl groups is 1. The molecule has 4 fully saturated rings. The number of anilines is 4. The van der Waals surface area contributed by atoms with Crippen molar-refractivity contribution in [3.63, 3.8) is 0 Å². The Morgan fingerprint density at radius 2 is 0.624 bits per heavy atom. The summed E-state index contributed by atoms with van der Waals surface area (Å²) in [5, 5.41) is 38.9. The maximum absolute atomic E-state index is 15.4. The minimum absolute atomic E-state index is 0.0449. The van der Waals surface area contributed by atoms with Crippen LogP contribution in [0, 0.1) is 104 Å². The summed E-state index contributed by atoms with van der Waals surface area (Å²) >= 11 is 0. The predicted octanol–water partition coefficient (Wildman–Crippen LogP) is 20.6. The molecular formula is C100H128F18N8O23. The number of aryl methyl sites for hydroxylation is 4. The summed E-state index contributed by atoms with van der Waals surface area (Å²) in [7, 11) is 13.4. The normalized spacial score (nSPS) is 17.8. The van der Waals surface area contributed by atoms with Gasteiger partial charge in [-0.3, -0.25) is 19.2 Å². The van der Waals surface area contributed by atoms with Crippen molar-refractivity contribution in [1.82, 2.24) is 19.9 Å². The van der Waals surface area contributed by atoms with E-state index in [1.807, 2.05) is 0 Å². The van der Waals surface area contributed by atoms with Crippen molar-refractivity contribution >= 4 is 70.3 Å². The Morgan fingerprint density at radius 3 is 0.886 bits per heavy atom. The third kappa shape index (κ3) is 36.3. The number of phenols is 1. The van der Waals surface area contributed by atoms with Crippen LogP contribution in [-0.2, 0) is 78.9 Å². The number of amides is 4. The number of carbonyl (C=O) groups is 8. The van der Waals surface area contributed by atoms with Crippen LogP contribution in [0.25, 0.3) is 0 Å². The van der Waals surface area contributed by atoms with Gasteiger partial charge in [0, 0.05) is 98.7 Å². The fourth-order valence-corrected chi connectivity index (χ4v) is 17.4. The molecule has 0 radical (unpaired) electrons. The maximum atomic E-state index is 15.4. The molecule has 31 nitrogen and oxygen atoms in total. The molecular weight excluding hydrogens is 2020 g/mol. The maximum Gasteiger partial charge on any atom is 0.427 e. The van der Waals surface area contributed by atoms with E-state index in [1.165, 1.54) is 109 Å². The molecule has 4 aliphatic rings. The Labute approximate surface area is 849 Å². The number of rotatable bonds is 35. The van der Waals surface area contributed by atoms with E-state index < -0.39 is 171 Å². The number of aromatic carboxylic acids is 3. The van der Waals surface area contributed by atoms with E-state index in [9.17, 15) is 133 Å². The van der Waals surface area contributed by atoms with Gasteiger partial charge in [-0.15, -0.1) is 0 Å². The predicted molar refractivity (Wildman–Crippen MR) is 504 cm³/mol. The molecule has 2 heterocycles. The molecule has 4 aliphatic carbocycles. The van der Waals surface area contributed by atoms with Gasteiger partial charge >= 0.3 is 48.6 Å². The monoisotopic (exact) mass is 2150 g/mol. The minimum atomic E-state index is -5.82. The van der Waals surface area contributed by atoms with Gasteiger partial charge in [-0.1, -0.05) is 27.7 Å². The number of aromatic nitrogens is 4. The fraction of sp³-hybridized carbons (Fsp3) is 0.580. The van der Waals surface area contributed by atoms with E-state index in [4.69, 9.17) is 47.4 Å². The van der Waals surface area contributed by atoms with Gasteiger partial charge in [0.1, 0.15) is 35.4 Å². The second-order valence-corrected chi connectivity index (χ2v) is 36.4. The molecule has 0 spiro atoms. The van der Waals surface area contributed by atoms with Crippen LogP contribution in [0.3, 0.4) is 0 Å². The standard InChI is InChI=1S/C26H31F4N3O6.C22H32FNO5.C21H30FNO5.C20H28FNO6.C6H4F4N2.C5H3F7O/c1-14-5-7-16(8-6-14)24(34)33(17(11-37-3)12-38-4)20-10-19(27)21(9-18(20)25(35)36)39-23-22(26(28,29)30)15(2)31-13-32-23;1-14-6-8-16(9-7-14)21(25)24(17(12-27-3)13-28-4)20-11-19(23)15(2)10-18(20)22(26)29-5;1-13-5-7-15(8-6-13)20(24)23(16(11-27-3)12-28-4)19-10-18(22)14(2)9-17(19)21(25)26;1-12-4-6-13(7-5-12)19(24)22(14(10-27-2)11-28-3)17-9-16(21)18(23)8-15(17)20(25)26;1-3-4(6(8,9)10)5(7)12-2-11-3;1-13-3(6)2(4(7,8)9)5(10,11)12/h9-10,13-14,16-17H,5-8,11-12H2,1-4H3,(H,35,36);10-11,14,16-17H,6-9,12-13H2,1-5H3;9-10,13,15-16H,5-8,11-12H2,1-4H3,(H,25,26);8-9,12-14,23H,4-7,10-11H2,1-3H3,(H,25,26);2H,1H3;1H3. The molecule has 10 rings (SSSR count). The summed E-state index contributed by atoms with van der Waals surface area (Å²) in [4.78, 5) is 121. The van der Waals surface area contributed by atoms with Crippen LogP contribution in [0.15, 0.2) is 72.8 Å². The van der Waals surface area contributed by atoms with Crippen molar-refractivity contribution in [2.24, 2.45) is 47.3 Å². The average molecular weight is 2150 g/mol. The largest absolute Gasteiger partial charge is 0.505 e. The first-order chi connectivity index (χ1) is 69.8. The highest BCUT2D eigenvalue weighted by Crippen LogP contribution is 2.46. The zero-order valence-corrected chi connectivity index (χ0v) is 85.6. The lowest BCUT2D eigenvalue weighted by atomic mass is 9.82. The van der Waals surface area contributed by atoms with Gasteiger partial charge in [-0.25, -0.2) is 56.7 Å². The molecule has 0 atom stereocenters. The van der Waals surface area contributed by atoms with Crippen LogP contribution in [0.5, 0.6) is 17.4 Å². The summed E-state index contributed by atoms with van der Waals surface area (Å²) in [6, 6.07) is 3.11. The molecule has 4 amide bonds. The van der Waals surface area contributed by atoms with E-state index in [-0.39, 0.29) is 133 Å². The van der Waals surface area contributed by atoms with Gasteiger partial charge in [0.2, 0.25) is 41.0 Å². The Morgan fingerprint density at radius 1 is 0.356 bits per heavy atom. The first-order valence-corrected chi connectivity index (χ1v) is 47.0. The number of phenolic OH excluding ortho intramolecular Hbond substituents is 1. The summed E-state index contributed by atoms with van der Waals surface area (Å²) in [6.07, 6.45) is -6.96. The molecule has 4 N–H and O–H groups in total. The lowest BCUT2D eigenvalue weighted by Gasteiger charge is -2.36. The molecule has 4 saturated carbocycles. The highest BCUT2D eigenvalue weighted by Gasteiger charge is 2.55. The lowest BCUT2D eigenvalue weighted by molar-refractivity contribution is -0.178. The smallest absolute Gasteiger partial charge is 0.427 e. The van der Waals surface area contributed by atoms with E-state index >= 15 is 4.39 Å². The molecule has 2 aromatic heterocycles. The number of ether oxygens (including phenoxy) is 11. The summed E-state index contributed by atoms with van der Waals surface area (Å²) < 4.78 is 284. The number of methoxy groups -OCH3 is 10. The van der Waals surface area contributed by atoms with Crippen molar-refractivity contribution in [1.29, 1.82) is 0 Å². The Bertz CT molecular complexity index is 5260. The van der Waals surface area contributed by atoms with Gasteiger partial charge in [-0.2, -0.15) is 61.5 Å². The Hall–Kier alpha value is -11.6. The number of nitrogens with zero attached hydrogens (tertiary/aromatic N) is 8. The molecule has 832 valence electrons. The number of esters is 1. The molecule has 6 aromatic rings. The van der Waals surface area contributed by atoms with E-state index in [1.54, 1.807) is 6.92 Å². The van der Waals surface area contributed by atoms with Gasteiger partial charge in [0.05, 0.1) is 148 Å². The number of carbonyl (C=O) groups excluding carboxylic acids is 5. The molecule has 0 unspecified atom stereocenters. The second-order valence-electron chi connectivity index (χ2n) is 36.4. The SMILES string of the molecule is COC(F)=C(C(F)(F)F)C(F)(F)F.COCC(COC)N(C(=O)C1CCC(C)CC1)c1cc(F)c(C)cc1C(=O)O.COCC(COC)N(C(=O)C1CCC(C)CC1)c1cc(F)c(C)cc1C(=O)OC.COCC(COC)N(C(=O)C1CCC(C)CC1)c1cc(F)c(O)cc1C(=O)O.COCC(COC)N(C(=O)C1CCC(C)CC1)c1cc(F)c(Oc2ncnc(C)c2C(F)(F)F)cc1C(=O)O.Cc1ncnc(F)c1C(F)(F)F. The van der Waals surface area contributed by atoms with Crippen LogP contribution >= 0.6 is 0 Å². The minimum Gasteiger partial charge on any atom is -0.505 e. The van der Waals surface area contributed by atoms with Crippen LogP contribution < -0.4 is 24.3 Å². The Kier molecular flexibility index (Phi) is 50.8. The fourth-order valence-electron chi connectivity index (χ4n) is 17.4.